The van der Waals surface area contributed by atoms with Gasteiger partial charge in [0, 0.05) is 18.1 Å². The number of benzene rings is 4. The predicted molar refractivity (Wildman–Crippen MR) is 151 cm³/mol. The summed E-state index contributed by atoms with van der Waals surface area (Å²) < 4.78 is 10.4. The quantitative estimate of drug-likeness (QED) is 0.281. The molecule has 8 N–H and O–H groups in total. The predicted octanol–water partition coefficient (Wildman–Crippen LogP) is 4.64. The standard InChI is InChI=1S/C17H22N2O2.C14H16N2/c1-12(18)17(19,13-4-8-15(20-2)9-5-13)14-6-10-16(21-3)11-7-14;15-13(11-7-3-1-4-8-11)14(16)12-9-5-2-6-10-12/h4-12H,18-19H2,1-3H3;1-10,13-14H,15-16H2/t;13-,14-/m.0/s1. The zero-order valence-electron chi connectivity index (χ0n) is 21.8. The van der Waals surface area contributed by atoms with Crippen molar-refractivity contribution in [2.24, 2.45) is 22.9 Å². The van der Waals surface area contributed by atoms with Crippen molar-refractivity contribution < 1.29 is 9.47 Å². The summed E-state index contributed by atoms with van der Waals surface area (Å²) >= 11 is 0. The van der Waals surface area contributed by atoms with Gasteiger partial charge < -0.3 is 32.4 Å². The van der Waals surface area contributed by atoms with Gasteiger partial charge in [-0.15, -0.1) is 0 Å². The highest BCUT2D eigenvalue weighted by molar-refractivity contribution is 5.43. The molecule has 4 aromatic rings. The molecule has 0 saturated carbocycles. The maximum absolute atomic E-state index is 6.66. The summed E-state index contributed by atoms with van der Waals surface area (Å²) in [5.41, 5.74) is 28.4. The molecular formula is C31H38N4O2. The summed E-state index contributed by atoms with van der Waals surface area (Å²) in [5.74, 6) is 1.58. The second-order valence-corrected chi connectivity index (χ2v) is 8.99. The summed E-state index contributed by atoms with van der Waals surface area (Å²) in [6, 6.07) is 34.7. The average molecular weight is 499 g/mol. The molecule has 1 unspecified atom stereocenters. The van der Waals surface area contributed by atoms with Gasteiger partial charge in [0.2, 0.25) is 0 Å². The SMILES string of the molecule is COc1ccc(C(N)(c2ccc(OC)cc2)C(C)N)cc1.N[C@@H](c1ccccc1)[C@@H](N)c1ccccc1. The summed E-state index contributed by atoms with van der Waals surface area (Å²) in [6.45, 7) is 1.91. The Morgan fingerprint density at radius 3 is 1.14 bits per heavy atom. The Labute approximate surface area is 220 Å². The Morgan fingerprint density at radius 1 is 0.541 bits per heavy atom. The topological polar surface area (TPSA) is 123 Å². The first-order chi connectivity index (χ1) is 17.8. The van der Waals surface area contributed by atoms with Gasteiger partial charge in [-0.3, -0.25) is 0 Å². The van der Waals surface area contributed by atoms with Crippen molar-refractivity contribution in [1.29, 1.82) is 0 Å². The molecule has 0 amide bonds. The van der Waals surface area contributed by atoms with Crippen LogP contribution < -0.4 is 32.4 Å². The number of hydrogen-bond acceptors (Lipinski definition) is 6. The molecule has 0 radical (unpaired) electrons. The third-order valence-corrected chi connectivity index (χ3v) is 6.61. The Morgan fingerprint density at radius 2 is 0.865 bits per heavy atom. The second kappa shape index (κ2) is 13.0. The van der Waals surface area contributed by atoms with E-state index in [0.29, 0.717) is 0 Å². The van der Waals surface area contributed by atoms with Crippen molar-refractivity contribution in [3.05, 3.63) is 131 Å². The molecule has 4 aromatic carbocycles. The van der Waals surface area contributed by atoms with E-state index in [0.717, 1.165) is 33.8 Å². The van der Waals surface area contributed by atoms with E-state index in [1.54, 1.807) is 14.2 Å². The highest BCUT2D eigenvalue weighted by Crippen LogP contribution is 2.32. The van der Waals surface area contributed by atoms with Crippen LogP contribution >= 0.6 is 0 Å². The van der Waals surface area contributed by atoms with E-state index in [4.69, 9.17) is 32.4 Å². The maximum Gasteiger partial charge on any atom is 0.118 e. The second-order valence-electron chi connectivity index (χ2n) is 8.99. The van der Waals surface area contributed by atoms with E-state index in [1.165, 1.54) is 0 Å². The average Bonchev–Trinajstić information content (AvgIpc) is 2.97. The van der Waals surface area contributed by atoms with Crippen LogP contribution in [0.5, 0.6) is 11.5 Å². The van der Waals surface area contributed by atoms with Crippen LogP contribution in [0.3, 0.4) is 0 Å². The molecule has 0 heterocycles. The fourth-order valence-electron chi connectivity index (χ4n) is 4.19. The first kappa shape index (κ1) is 27.9. The van der Waals surface area contributed by atoms with Crippen LogP contribution in [0, 0.1) is 0 Å². The van der Waals surface area contributed by atoms with Crippen molar-refractivity contribution in [3.8, 4) is 11.5 Å². The van der Waals surface area contributed by atoms with E-state index >= 15 is 0 Å². The van der Waals surface area contributed by atoms with Crippen LogP contribution in [-0.4, -0.2) is 20.3 Å². The lowest BCUT2D eigenvalue weighted by atomic mass is 9.78. The van der Waals surface area contributed by atoms with Gasteiger partial charge >= 0.3 is 0 Å². The smallest absolute Gasteiger partial charge is 0.118 e. The first-order valence-electron chi connectivity index (χ1n) is 12.3. The van der Waals surface area contributed by atoms with Gasteiger partial charge in [0.15, 0.2) is 0 Å². The lowest BCUT2D eigenvalue weighted by molar-refractivity contribution is 0.410. The molecule has 0 aliphatic rings. The first-order valence-corrected chi connectivity index (χ1v) is 12.3. The lowest BCUT2D eigenvalue weighted by Gasteiger charge is -2.34. The Bertz CT molecular complexity index is 1110. The van der Waals surface area contributed by atoms with Crippen molar-refractivity contribution in [3.63, 3.8) is 0 Å². The summed E-state index contributed by atoms with van der Waals surface area (Å²) in [7, 11) is 3.28. The summed E-state index contributed by atoms with van der Waals surface area (Å²) in [6.07, 6.45) is 0. The van der Waals surface area contributed by atoms with Gasteiger partial charge in [-0.2, -0.15) is 0 Å². The molecule has 0 aromatic heterocycles. The van der Waals surface area contributed by atoms with Crippen LogP contribution in [0.1, 0.15) is 41.3 Å². The van der Waals surface area contributed by atoms with E-state index in [9.17, 15) is 0 Å². The van der Waals surface area contributed by atoms with E-state index in [-0.39, 0.29) is 18.1 Å². The molecule has 0 aliphatic heterocycles. The molecule has 0 saturated heterocycles. The van der Waals surface area contributed by atoms with Crippen molar-refractivity contribution in [2.45, 2.75) is 30.6 Å². The molecule has 6 nitrogen and oxygen atoms in total. The zero-order chi connectivity index (χ0) is 26.8. The van der Waals surface area contributed by atoms with E-state index in [2.05, 4.69) is 0 Å². The van der Waals surface area contributed by atoms with Gasteiger partial charge in [-0.05, 0) is 53.4 Å². The third-order valence-electron chi connectivity index (χ3n) is 6.61. The minimum Gasteiger partial charge on any atom is -0.497 e. The summed E-state index contributed by atoms with van der Waals surface area (Å²) in [5, 5.41) is 0. The maximum atomic E-state index is 6.66. The van der Waals surface area contributed by atoms with Crippen LogP contribution in [-0.2, 0) is 5.54 Å². The lowest BCUT2D eigenvalue weighted by Crippen LogP contribution is -2.51. The number of ether oxygens (including phenoxy) is 2. The minimum absolute atomic E-state index is 0.163. The molecule has 3 atom stereocenters. The van der Waals surface area contributed by atoms with Crippen LogP contribution in [0.25, 0.3) is 0 Å². The van der Waals surface area contributed by atoms with Crippen LogP contribution in [0.2, 0.25) is 0 Å². The molecule has 194 valence electrons. The molecule has 0 bridgehead atoms. The normalized spacial score (nSPS) is 13.5. The third kappa shape index (κ3) is 6.76. The van der Waals surface area contributed by atoms with Gasteiger partial charge in [-0.25, -0.2) is 0 Å². The van der Waals surface area contributed by atoms with E-state index < -0.39 is 5.54 Å². The molecule has 0 aliphatic carbocycles. The Balaban J connectivity index is 0.000000213. The fraction of sp³-hybridized carbons (Fsp3) is 0.226. The zero-order valence-corrected chi connectivity index (χ0v) is 21.8. The summed E-state index contributed by atoms with van der Waals surface area (Å²) in [4.78, 5) is 0. The highest BCUT2D eigenvalue weighted by atomic mass is 16.5. The molecule has 4 rings (SSSR count). The minimum atomic E-state index is -0.765. The molecule has 6 heteroatoms. The molecule has 37 heavy (non-hydrogen) atoms. The van der Waals surface area contributed by atoms with Crippen molar-refractivity contribution >= 4 is 0 Å². The fourth-order valence-corrected chi connectivity index (χ4v) is 4.19. The number of rotatable bonds is 8. The monoisotopic (exact) mass is 498 g/mol. The van der Waals surface area contributed by atoms with E-state index in [1.807, 2.05) is 116 Å². The molecule has 0 spiro atoms. The van der Waals surface area contributed by atoms with Gasteiger partial charge in [0.1, 0.15) is 11.5 Å². The van der Waals surface area contributed by atoms with Crippen LogP contribution in [0.4, 0.5) is 0 Å². The molecule has 0 fully saturated rings. The Hall–Kier alpha value is -3.68. The van der Waals surface area contributed by atoms with Crippen LogP contribution in [0.15, 0.2) is 109 Å². The number of nitrogens with two attached hydrogens (primary N) is 4. The van der Waals surface area contributed by atoms with Gasteiger partial charge in [-0.1, -0.05) is 84.9 Å². The largest absolute Gasteiger partial charge is 0.497 e. The number of methoxy groups -OCH3 is 2. The molecular weight excluding hydrogens is 460 g/mol. The number of hydrogen-bond donors (Lipinski definition) is 4. The van der Waals surface area contributed by atoms with Crippen molar-refractivity contribution in [1.82, 2.24) is 0 Å². The van der Waals surface area contributed by atoms with Gasteiger partial charge in [0.25, 0.3) is 0 Å². The Kier molecular flexibility index (Phi) is 9.83. The highest BCUT2D eigenvalue weighted by Gasteiger charge is 2.33. The van der Waals surface area contributed by atoms with Crippen molar-refractivity contribution in [2.75, 3.05) is 14.2 Å². The van der Waals surface area contributed by atoms with Gasteiger partial charge in [0.05, 0.1) is 19.8 Å².